The Bertz CT molecular complexity index is 273. The molecule has 1 rings (SSSR count). The molecular weight excluding hydrogens is 202 g/mol. The van der Waals surface area contributed by atoms with E-state index in [-0.39, 0.29) is 11.5 Å². The predicted molar refractivity (Wildman–Crippen MR) is 67.3 cm³/mol. The third kappa shape index (κ3) is 2.88. The summed E-state index contributed by atoms with van der Waals surface area (Å²) in [6.45, 7) is 8.61. The quantitative estimate of drug-likeness (QED) is 0.502. The molecule has 0 aliphatic heterocycles. The fraction of sp³-hybridized carbons (Fsp3) is 0.917. The van der Waals surface area contributed by atoms with Gasteiger partial charge in [0.15, 0.2) is 5.96 Å². The SMILES string of the molecule is CC(C)NC(N)=NCC1(O)CCCC1(C)C. The number of nitrogens with zero attached hydrogens (tertiary/aromatic N) is 1. The van der Waals surface area contributed by atoms with Crippen LogP contribution in [-0.2, 0) is 0 Å². The van der Waals surface area contributed by atoms with Gasteiger partial charge in [-0.1, -0.05) is 13.8 Å². The van der Waals surface area contributed by atoms with Gasteiger partial charge in [0.2, 0.25) is 0 Å². The molecule has 1 atom stereocenters. The summed E-state index contributed by atoms with van der Waals surface area (Å²) in [7, 11) is 0. The van der Waals surface area contributed by atoms with Crippen molar-refractivity contribution in [3.63, 3.8) is 0 Å². The van der Waals surface area contributed by atoms with Gasteiger partial charge in [0, 0.05) is 6.04 Å². The lowest BCUT2D eigenvalue weighted by atomic mass is 9.78. The minimum Gasteiger partial charge on any atom is -0.387 e. The molecule has 0 heterocycles. The van der Waals surface area contributed by atoms with Gasteiger partial charge in [-0.15, -0.1) is 0 Å². The average Bonchev–Trinajstić information content (AvgIpc) is 2.38. The molecular formula is C12H25N3O. The van der Waals surface area contributed by atoms with Crippen molar-refractivity contribution in [2.24, 2.45) is 16.1 Å². The molecule has 0 aromatic carbocycles. The van der Waals surface area contributed by atoms with Gasteiger partial charge >= 0.3 is 0 Å². The number of guanidine groups is 1. The van der Waals surface area contributed by atoms with Gasteiger partial charge in [0.1, 0.15) is 0 Å². The number of hydrogen-bond donors (Lipinski definition) is 3. The van der Waals surface area contributed by atoms with Crippen molar-refractivity contribution < 1.29 is 5.11 Å². The van der Waals surface area contributed by atoms with Gasteiger partial charge in [-0.25, -0.2) is 0 Å². The first-order chi connectivity index (χ1) is 7.27. The second-order valence-electron chi connectivity index (χ2n) is 5.77. The van der Waals surface area contributed by atoms with Crippen LogP contribution in [0.3, 0.4) is 0 Å². The van der Waals surface area contributed by atoms with Crippen molar-refractivity contribution in [3.8, 4) is 0 Å². The van der Waals surface area contributed by atoms with E-state index >= 15 is 0 Å². The van der Waals surface area contributed by atoms with E-state index in [4.69, 9.17) is 5.73 Å². The maximum absolute atomic E-state index is 10.5. The summed E-state index contributed by atoms with van der Waals surface area (Å²) in [6, 6.07) is 0.273. The van der Waals surface area contributed by atoms with Crippen LogP contribution in [0.5, 0.6) is 0 Å². The second-order valence-corrected chi connectivity index (χ2v) is 5.77. The van der Waals surface area contributed by atoms with Crippen LogP contribution in [0.25, 0.3) is 0 Å². The van der Waals surface area contributed by atoms with Gasteiger partial charge in [-0.2, -0.15) is 0 Å². The number of hydrogen-bond acceptors (Lipinski definition) is 2. The van der Waals surface area contributed by atoms with Crippen LogP contribution in [0.1, 0.15) is 47.0 Å². The lowest BCUT2D eigenvalue weighted by Gasteiger charge is -2.35. The second kappa shape index (κ2) is 4.62. The van der Waals surface area contributed by atoms with E-state index in [2.05, 4.69) is 24.2 Å². The summed E-state index contributed by atoms with van der Waals surface area (Å²) in [6.07, 6.45) is 2.94. The van der Waals surface area contributed by atoms with E-state index in [9.17, 15) is 5.11 Å². The van der Waals surface area contributed by atoms with Crippen LogP contribution < -0.4 is 11.1 Å². The Morgan fingerprint density at radius 1 is 1.44 bits per heavy atom. The molecule has 1 fully saturated rings. The summed E-state index contributed by atoms with van der Waals surface area (Å²) in [5, 5.41) is 13.5. The monoisotopic (exact) mass is 227 g/mol. The summed E-state index contributed by atoms with van der Waals surface area (Å²) < 4.78 is 0. The molecule has 1 aliphatic rings. The highest BCUT2D eigenvalue weighted by molar-refractivity contribution is 5.78. The predicted octanol–water partition coefficient (Wildman–Crippen LogP) is 1.24. The Morgan fingerprint density at radius 2 is 2.06 bits per heavy atom. The van der Waals surface area contributed by atoms with E-state index in [0.29, 0.717) is 12.5 Å². The zero-order valence-corrected chi connectivity index (χ0v) is 10.9. The lowest BCUT2D eigenvalue weighted by molar-refractivity contribution is -0.0335. The van der Waals surface area contributed by atoms with E-state index in [1.807, 2.05) is 13.8 Å². The largest absolute Gasteiger partial charge is 0.387 e. The molecule has 4 nitrogen and oxygen atoms in total. The van der Waals surface area contributed by atoms with Crippen molar-refractivity contribution in [2.45, 2.75) is 58.6 Å². The first-order valence-corrected chi connectivity index (χ1v) is 6.06. The minimum atomic E-state index is -0.698. The average molecular weight is 227 g/mol. The third-order valence-electron chi connectivity index (χ3n) is 3.60. The Morgan fingerprint density at radius 3 is 2.50 bits per heavy atom. The number of rotatable bonds is 3. The smallest absolute Gasteiger partial charge is 0.188 e. The van der Waals surface area contributed by atoms with Gasteiger partial charge < -0.3 is 16.2 Å². The normalized spacial score (nSPS) is 29.8. The third-order valence-corrected chi connectivity index (χ3v) is 3.60. The molecule has 4 heteroatoms. The Balaban J connectivity index is 2.60. The van der Waals surface area contributed by atoms with E-state index in [1.165, 1.54) is 0 Å². The molecule has 1 saturated carbocycles. The van der Waals surface area contributed by atoms with E-state index in [0.717, 1.165) is 19.3 Å². The first-order valence-electron chi connectivity index (χ1n) is 6.06. The summed E-state index contributed by atoms with van der Waals surface area (Å²) in [4.78, 5) is 4.25. The molecule has 0 aromatic heterocycles. The molecule has 0 radical (unpaired) electrons. The molecule has 16 heavy (non-hydrogen) atoms. The maximum atomic E-state index is 10.5. The molecule has 0 bridgehead atoms. The van der Waals surface area contributed by atoms with Crippen LogP contribution in [0, 0.1) is 5.41 Å². The van der Waals surface area contributed by atoms with Gasteiger partial charge in [0.05, 0.1) is 12.1 Å². The van der Waals surface area contributed by atoms with Crippen LogP contribution in [-0.4, -0.2) is 29.3 Å². The summed E-state index contributed by atoms with van der Waals surface area (Å²) in [5.41, 5.74) is 4.97. The van der Waals surface area contributed by atoms with Crippen LogP contribution in [0.15, 0.2) is 4.99 Å². The Labute approximate surface area is 98.3 Å². The number of aliphatic hydroxyl groups is 1. The van der Waals surface area contributed by atoms with Crippen molar-refractivity contribution in [3.05, 3.63) is 0 Å². The van der Waals surface area contributed by atoms with Gasteiger partial charge in [-0.3, -0.25) is 4.99 Å². The van der Waals surface area contributed by atoms with Crippen molar-refractivity contribution >= 4 is 5.96 Å². The molecule has 0 spiro atoms. The Kier molecular flexibility index (Phi) is 3.84. The molecule has 4 N–H and O–H groups in total. The van der Waals surface area contributed by atoms with Crippen LogP contribution in [0.2, 0.25) is 0 Å². The van der Waals surface area contributed by atoms with Crippen molar-refractivity contribution in [1.82, 2.24) is 5.32 Å². The number of aliphatic imine (C=N–C) groups is 1. The van der Waals surface area contributed by atoms with Crippen molar-refractivity contribution in [1.29, 1.82) is 0 Å². The van der Waals surface area contributed by atoms with Crippen LogP contribution >= 0.6 is 0 Å². The maximum Gasteiger partial charge on any atom is 0.188 e. The molecule has 0 saturated heterocycles. The van der Waals surface area contributed by atoms with Crippen LogP contribution in [0.4, 0.5) is 0 Å². The standard InChI is InChI=1S/C12H25N3O/c1-9(2)15-10(13)14-8-12(16)7-5-6-11(12,3)4/h9,16H,5-8H2,1-4H3,(H3,13,14,15). The molecule has 0 amide bonds. The van der Waals surface area contributed by atoms with E-state index < -0.39 is 5.60 Å². The number of nitrogens with one attached hydrogen (secondary N) is 1. The highest BCUT2D eigenvalue weighted by Crippen LogP contribution is 2.45. The highest BCUT2D eigenvalue weighted by Gasteiger charge is 2.47. The fourth-order valence-electron chi connectivity index (χ4n) is 2.24. The van der Waals surface area contributed by atoms with Crippen molar-refractivity contribution in [2.75, 3.05) is 6.54 Å². The topological polar surface area (TPSA) is 70.6 Å². The van der Waals surface area contributed by atoms with Gasteiger partial charge in [-0.05, 0) is 38.5 Å². The fourth-order valence-corrected chi connectivity index (χ4v) is 2.24. The van der Waals surface area contributed by atoms with Gasteiger partial charge in [0.25, 0.3) is 0 Å². The summed E-state index contributed by atoms with van der Waals surface area (Å²) in [5.74, 6) is 0.422. The highest BCUT2D eigenvalue weighted by atomic mass is 16.3. The molecule has 1 unspecified atom stereocenters. The summed E-state index contributed by atoms with van der Waals surface area (Å²) >= 11 is 0. The molecule has 1 aliphatic carbocycles. The lowest BCUT2D eigenvalue weighted by Crippen LogP contribution is -2.44. The molecule has 94 valence electrons. The number of nitrogens with two attached hydrogens (primary N) is 1. The van der Waals surface area contributed by atoms with E-state index in [1.54, 1.807) is 0 Å². The molecule has 0 aromatic rings. The zero-order chi connectivity index (χ0) is 12.4. The first kappa shape index (κ1) is 13.3. The zero-order valence-electron chi connectivity index (χ0n) is 10.9. The Hall–Kier alpha value is -0.770. The minimum absolute atomic E-state index is 0.0609.